The Bertz CT molecular complexity index is 448. The number of carbonyl (C=O) groups excluding carboxylic acids is 1. The molecule has 1 aromatic carbocycles. The van der Waals surface area contributed by atoms with E-state index in [2.05, 4.69) is 17.4 Å². The molecule has 0 bridgehead atoms. The number of benzene rings is 1. The van der Waals surface area contributed by atoms with Crippen LogP contribution in [0.5, 0.6) is 0 Å². The van der Waals surface area contributed by atoms with Crippen LogP contribution in [0.15, 0.2) is 24.3 Å². The number of thioether (sulfide) groups is 2. The maximum absolute atomic E-state index is 12.2. The van der Waals surface area contributed by atoms with Crippen LogP contribution in [0, 0.1) is 0 Å². The zero-order valence-electron chi connectivity index (χ0n) is 11.6. The van der Waals surface area contributed by atoms with Gasteiger partial charge in [-0.2, -0.15) is 0 Å². The van der Waals surface area contributed by atoms with E-state index in [-0.39, 0.29) is 5.91 Å². The number of hydrogen-bond donors (Lipinski definition) is 1. The van der Waals surface area contributed by atoms with Gasteiger partial charge in [-0.25, -0.2) is 0 Å². The quantitative estimate of drug-likeness (QED) is 0.906. The van der Waals surface area contributed by atoms with Gasteiger partial charge in [0.05, 0.1) is 4.58 Å². The van der Waals surface area contributed by atoms with Crippen LogP contribution in [0.4, 0.5) is 0 Å². The first kappa shape index (κ1) is 14.3. The number of nitrogens with one attached hydrogen (secondary N) is 1. The fraction of sp³-hybridized carbons (Fsp3) is 0.562. The molecule has 3 rings (SSSR count). The second-order valence-corrected chi connectivity index (χ2v) is 8.23. The summed E-state index contributed by atoms with van der Waals surface area (Å²) in [6.45, 7) is 0. The monoisotopic (exact) mass is 307 g/mol. The van der Waals surface area contributed by atoms with Gasteiger partial charge in [0.15, 0.2) is 0 Å². The molecule has 0 spiro atoms. The summed E-state index contributed by atoms with van der Waals surface area (Å²) in [5.74, 6) is 2.56. The van der Waals surface area contributed by atoms with Crippen molar-refractivity contribution in [1.82, 2.24) is 5.32 Å². The zero-order chi connectivity index (χ0) is 13.8. The lowest BCUT2D eigenvalue weighted by Crippen LogP contribution is -2.36. The number of amides is 1. The topological polar surface area (TPSA) is 29.1 Å². The molecule has 0 unspecified atom stereocenters. The van der Waals surface area contributed by atoms with Crippen LogP contribution >= 0.6 is 23.5 Å². The van der Waals surface area contributed by atoms with E-state index in [1.54, 1.807) is 0 Å². The predicted molar refractivity (Wildman–Crippen MR) is 88.4 cm³/mol. The minimum absolute atomic E-state index is 0.0928. The second-order valence-electron chi connectivity index (χ2n) is 5.50. The Morgan fingerprint density at radius 2 is 1.65 bits per heavy atom. The minimum Gasteiger partial charge on any atom is -0.349 e. The van der Waals surface area contributed by atoms with Gasteiger partial charge in [-0.15, -0.1) is 23.5 Å². The molecule has 1 aliphatic carbocycles. The van der Waals surface area contributed by atoms with E-state index in [0.29, 0.717) is 10.6 Å². The number of hydrogen-bond acceptors (Lipinski definition) is 3. The molecule has 4 heteroatoms. The summed E-state index contributed by atoms with van der Waals surface area (Å²) in [4.78, 5) is 12.2. The molecule has 2 nitrogen and oxygen atoms in total. The molecule has 1 aromatic rings. The van der Waals surface area contributed by atoms with Crippen LogP contribution in [0.2, 0.25) is 0 Å². The molecular formula is C16H21NOS2. The first-order chi connectivity index (χ1) is 9.83. The SMILES string of the molecule is O=C(NC1CCCCC1)c1ccc(C2SCCS2)cc1. The molecule has 1 aliphatic heterocycles. The zero-order valence-corrected chi connectivity index (χ0v) is 13.3. The van der Waals surface area contributed by atoms with Crippen molar-refractivity contribution in [1.29, 1.82) is 0 Å². The molecule has 1 saturated carbocycles. The van der Waals surface area contributed by atoms with Crippen molar-refractivity contribution in [3.8, 4) is 0 Å². The normalized spacial score (nSPS) is 21.0. The minimum atomic E-state index is 0.0928. The van der Waals surface area contributed by atoms with Gasteiger partial charge < -0.3 is 5.32 Å². The molecule has 0 radical (unpaired) electrons. The smallest absolute Gasteiger partial charge is 0.251 e. The van der Waals surface area contributed by atoms with Crippen molar-refractivity contribution in [2.24, 2.45) is 0 Å². The van der Waals surface area contributed by atoms with E-state index in [4.69, 9.17) is 0 Å². The van der Waals surface area contributed by atoms with Gasteiger partial charge in [0.25, 0.3) is 5.91 Å². The van der Waals surface area contributed by atoms with Gasteiger partial charge in [-0.05, 0) is 30.5 Å². The lowest BCUT2D eigenvalue weighted by molar-refractivity contribution is 0.0927. The van der Waals surface area contributed by atoms with Crippen molar-refractivity contribution < 1.29 is 4.79 Å². The van der Waals surface area contributed by atoms with Crippen molar-refractivity contribution >= 4 is 29.4 Å². The average molecular weight is 307 g/mol. The maximum Gasteiger partial charge on any atom is 0.251 e. The van der Waals surface area contributed by atoms with Crippen LogP contribution in [0.25, 0.3) is 0 Å². The van der Waals surface area contributed by atoms with Crippen molar-refractivity contribution in [2.75, 3.05) is 11.5 Å². The Kier molecular flexibility index (Phi) is 4.94. The highest BCUT2D eigenvalue weighted by molar-refractivity contribution is 8.19. The molecule has 1 heterocycles. The lowest BCUT2D eigenvalue weighted by atomic mass is 9.95. The Morgan fingerprint density at radius 1 is 1.00 bits per heavy atom. The Balaban J connectivity index is 1.59. The van der Waals surface area contributed by atoms with Gasteiger partial charge >= 0.3 is 0 Å². The van der Waals surface area contributed by atoms with E-state index in [0.717, 1.165) is 18.4 Å². The van der Waals surface area contributed by atoms with E-state index in [1.807, 2.05) is 35.7 Å². The summed E-state index contributed by atoms with van der Waals surface area (Å²) in [7, 11) is 0. The van der Waals surface area contributed by atoms with Gasteiger partial charge in [0.2, 0.25) is 0 Å². The third-order valence-corrected chi connectivity index (χ3v) is 7.11. The molecule has 0 aromatic heterocycles. The molecule has 2 fully saturated rings. The summed E-state index contributed by atoms with van der Waals surface area (Å²) in [6, 6.07) is 8.58. The van der Waals surface area contributed by atoms with Crippen LogP contribution < -0.4 is 5.32 Å². The molecule has 20 heavy (non-hydrogen) atoms. The third-order valence-electron chi connectivity index (χ3n) is 4.01. The first-order valence-electron chi connectivity index (χ1n) is 7.47. The number of rotatable bonds is 3. The van der Waals surface area contributed by atoms with Gasteiger partial charge in [0, 0.05) is 23.1 Å². The average Bonchev–Trinajstić information content (AvgIpc) is 3.03. The van der Waals surface area contributed by atoms with E-state index >= 15 is 0 Å². The fourth-order valence-electron chi connectivity index (χ4n) is 2.86. The molecule has 0 atom stereocenters. The Labute approximate surface area is 129 Å². The molecule has 108 valence electrons. The largest absolute Gasteiger partial charge is 0.349 e. The summed E-state index contributed by atoms with van der Waals surface area (Å²) >= 11 is 4.00. The summed E-state index contributed by atoms with van der Waals surface area (Å²) < 4.78 is 0.561. The summed E-state index contributed by atoms with van der Waals surface area (Å²) in [5.41, 5.74) is 2.14. The molecule has 1 saturated heterocycles. The van der Waals surface area contributed by atoms with Gasteiger partial charge in [0.1, 0.15) is 0 Å². The fourth-order valence-corrected chi connectivity index (χ4v) is 5.72. The van der Waals surface area contributed by atoms with Crippen molar-refractivity contribution in [2.45, 2.75) is 42.7 Å². The van der Waals surface area contributed by atoms with Crippen molar-refractivity contribution in [3.05, 3.63) is 35.4 Å². The number of carbonyl (C=O) groups is 1. The standard InChI is InChI=1S/C16H21NOS2/c18-15(17-14-4-2-1-3-5-14)12-6-8-13(9-7-12)16-19-10-11-20-16/h6-9,14,16H,1-5,10-11H2,(H,17,18). The van der Waals surface area contributed by atoms with E-state index in [9.17, 15) is 4.79 Å². The lowest BCUT2D eigenvalue weighted by Gasteiger charge is -2.22. The second kappa shape index (κ2) is 6.90. The molecule has 1 amide bonds. The maximum atomic E-state index is 12.2. The highest BCUT2D eigenvalue weighted by Gasteiger charge is 2.19. The highest BCUT2D eigenvalue weighted by Crippen LogP contribution is 2.45. The van der Waals surface area contributed by atoms with Gasteiger partial charge in [-0.1, -0.05) is 31.4 Å². The Morgan fingerprint density at radius 3 is 2.30 bits per heavy atom. The molecule has 1 N–H and O–H groups in total. The van der Waals surface area contributed by atoms with Crippen LogP contribution in [0.3, 0.4) is 0 Å². The highest BCUT2D eigenvalue weighted by atomic mass is 32.2. The first-order valence-corrected chi connectivity index (χ1v) is 9.57. The van der Waals surface area contributed by atoms with E-state index in [1.165, 1.54) is 36.3 Å². The van der Waals surface area contributed by atoms with Crippen LogP contribution in [-0.2, 0) is 0 Å². The third kappa shape index (κ3) is 3.53. The predicted octanol–water partition coefficient (Wildman–Crippen LogP) is 4.23. The Hall–Kier alpha value is -0.610. The van der Waals surface area contributed by atoms with Crippen molar-refractivity contribution in [3.63, 3.8) is 0 Å². The molecular weight excluding hydrogens is 286 g/mol. The molecule has 2 aliphatic rings. The van der Waals surface area contributed by atoms with E-state index < -0.39 is 0 Å². The van der Waals surface area contributed by atoms with Crippen LogP contribution in [0.1, 0.15) is 52.6 Å². The summed E-state index contributed by atoms with van der Waals surface area (Å²) in [5, 5.41) is 3.17. The summed E-state index contributed by atoms with van der Waals surface area (Å²) in [6.07, 6.45) is 6.09. The van der Waals surface area contributed by atoms with Gasteiger partial charge in [-0.3, -0.25) is 4.79 Å². The van der Waals surface area contributed by atoms with Crippen LogP contribution in [-0.4, -0.2) is 23.5 Å².